The van der Waals surface area contributed by atoms with Gasteiger partial charge in [0.2, 0.25) is 0 Å². The van der Waals surface area contributed by atoms with E-state index in [0.29, 0.717) is 12.0 Å². The standard InChI is InChI=1S/C11H16O3/c1-5-7-9(6-2)11(13)14-10(12)8(3)4/h6H,3,5,7H2,1-2,4H3. The second-order valence-corrected chi connectivity index (χ2v) is 3.02. The molecule has 0 aliphatic heterocycles. The molecule has 0 amide bonds. The zero-order valence-electron chi connectivity index (χ0n) is 8.92. The number of esters is 2. The van der Waals surface area contributed by atoms with E-state index < -0.39 is 11.9 Å². The Labute approximate surface area is 84.4 Å². The van der Waals surface area contributed by atoms with Gasteiger partial charge in [-0.25, -0.2) is 9.59 Å². The molecular formula is C11H16O3. The van der Waals surface area contributed by atoms with E-state index in [2.05, 4.69) is 11.3 Å². The molecule has 0 aromatic rings. The van der Waals surface area contributed by atoms with Crippen molar-refractivity contribution in [2.24, 2.45) is 0 Å². The molecule has 0 atom stereocenters. The van der Waals surface area contributed by atoms with E-state index >= 15 is 0 Å². The van der Waals surface area contributed by atoms with Gasteiger partial charge in [-0.3, -0.25) is 0 Å². The molecule has 0 aromatic carbocycles. The predicted octanol–water partition coefficient (Wildman–Crippen LogP) is 2.38. The van der Waals surface area contributed by atoms with Gasteiger partial charge >= 0.3 is 11.9 Å². The predicted molar refractivity (Wildman–Crippen MR) is 54.6 cm³/mol. The topological polar surface area (TPSA) is 43.4 Å². The highest BCUT2D eigenvalue weighted by atomic mass is 16.6. The van der Waals surface area contributed by atoms with Crippen LogP contribution in [0.15, 0.2) is 23.8 Å². The molecule has 0 bridgehead atoms. The Morgan fingerprint density at radius 3 is 2.29 bits per heavy atom. The molecule has 0 aliphatic rings. The van der Waals surface area contributed by atoms with Crippen molar-refractivity contribution in [3.63, 3.8) is 0 Å². The minimum absolute atomic E-state index is 0.227. The molecule has 14 heavy (non-hydrogen) atoms. The molecule has 0 saturated carbocycles. The van der Waals surface area contributed by atoms with E-state index in [1.165, 1.54) is 6.92 Å². The Hall–Kier alpha value is -1.38. The van der Waals surface area contributed by atoms with Crippen LogP contribution in [0.3, 0.4) is 0 Å². The van der Waals surface area contributed by atoms with Gasteiger partial charge in [0.15, 0.2) is 0 Å². The quantitative estimate of drug-likeness (QED) is 0.394. The molecule has 3 heteroatoms. The molecule has 0 heterocycles. The molecule has 0 aliphatic carbocycles. The van der Waals surface area contributed by atoms with Crippen LogP contribution in [-0.4, -0.2) is 11.9 Å². The van der Waals surface area contributed by atoms with Crippen LogP contribution < -0.4 is 0 Å². The molecule has 0 radical (unpaired) electrons. The molecule has 0 saturated heterocycles. The van der Waals surface area contributed by atoms with Crippen molar-refractivity contribution in [2.45, 2.75) is 33.6 Å². The fourth-order valence-corrected chi connectivity index (χ4v) is 0.870. The molecule has 0 N–H and O–H groups in total. The summed E-state index contributed by atoms with van der Waals surface area (Å²) < 4.78 is 4.57. The highest BCUT2D eigenvalue weighted by molar-refractivity contribution is 6.01. The van der Waals surface area contributed by atoms with E-state index in [9.17, 15) is 9.59 Å². The lowest BCUT2D eigenvalue weighted by molar-refractivity contribution is -0.154. The maximum absolute atomic E-state index is 11.3. The summed E-state index contributed by atoms with van der Waals surface area (Å²) >= 11 is 0. The minimum Gasteiger partial charge on any atom is -0.386 e. The average molecular weight is 196 g/mol. The smallest absolute Gasteiger partial charge is 0.341 e. The van der Waals surface area contributed by atoms with Gasteiger partial charge in [0.05, 0.1) is 0 Å². The number of rotatable bonds is 4. The first-order valence-electron chi connectivity index (χ1n) is 4.60. The van der Waals surface area contributed by atoms with Crippen LogP contribution in [0.5, 0.6) is 0 Å². The van der Waals surface area contributed by atoms with Gasteiger partial charge < -0.3 is 4.74 Å². The molecule has 0 aromatic heterocycles. The summed E-state index contributed by atoms with van der Waals surface area (Å²) in [6.45, 7) is 8.60. The van der Waals surface area contributed by atoms with Crippen LogP contribution in [0.1, 0.15) is 33.6 Å². The zero-order valence-corrected chi connectivity index (χ0v) is 8.92. The molecule has 78 valence electrons. The minimum atomic E-state index is -0.662. The number of hydrogen-bond acceptors (Lipinski definition) is 3. The summed E-state index contributed by atoms with van der Waals surface area (Å²) in [5, 5.41) is 0. The third-order valence-corrected chi connectivity index (χ3v) is 1.66. The third-order valence-electron chi connectivity index (χ3n) is 1.66. The number of ether oxygens (including phenoxy) is 1. The number of carbonyl (C=O) groups excluding carboxylic acids is 2. The van der Waals surface area contributed by atoms with Gasteiger partial charge in [0.25, 0.3) is 0 Å². The van der Waals surface area contributed by atoms with Gasteiger partial charge in [0, 0.05) is 11.1 Å². The van der Waals surface area contributed by atoms with Crippen LogP contribution in [0.25, 0.3) is 0 Å². The van der Waals surface area contributed by atoms with Crippen molar-refractivity contribution in [1.82, 2.24) is 0 Å². The van der Waals surface area contributed by atoms with Crippen molar-refractivity contribution in [3.8, 4) is 0 Å². The summed E-state index contributed by atoms with van der Waals surface area (Å²) in [5.74, 6) is -1.23. The van der Waals surface area contributed by atoms with E-state index in [1.807, 2.05) is 6.92 Å². The second-order valence-electron chi connectivity index (χ2n) is 3.02. The Balaban J connectivity index is 4.33. The van der Waals surface area contributed by atoms with Crippen molar-refractivity contribution in [3.05, 3.63) is 23.8 Å². The lowest BCUT2D eigenvalue weighted by Crippen LogP contribution is -2.14. The molecule has 0 rings (SSSR count). The lowest BCUT2D eigenvalue weighted by atomic mass is 10.1. The number of carbonyl (C=O) groups is 2. The molecule has 3 nitrogen and oxygen atoms in total. The Bertz CT molecular complexity index is 274. The monoisotopic (exact) mass is 196 g/mol. The molecule has 0 fully saturated rings. The molecular weight excluding hydrogens is 180 g/mol. The van der Waals surface area contributed by atoms with Gasteiger partial charge in [-0.15, -0.1) is 0 Å². The Morgan fingerprint density at radius 2 is 1.93 bits per heavy atom. The first-order valence-corrected chi connectivity index (χ1v) is 4.60. The molecule has 0 spiro atoms. The largest absolute Gasteiger partial charge is 0.386 e. The van der Waals surface area contributed by atoms with Crippen LogP contribution >= 0.6 is 0 Å². The summed E-state index contributed by atoms with van der Waals surface area (Å²) in [6, 6.07) is 0. The lowest BCUT2D eigenvalue weighted by Gasteiger charge is -2.04. The summed E-state index contributed by atoms with van der Waals surface area (Å²) in [5.41, 5.74) is 0.757. The summed E-state index contributed by atoms with van der Waals surface area (Å²) in [4.78, 5) is 22.3. The third kappa shape index (κ3) is 4.03. The van der Waals surface area contributed by atoms with Crippen molar-refractivity contribution < 1.29 is 14.3 Å². The first-order chi connectivity index (χ1) is 6.52. The van der Waals surface area contributed by atoms with Gasteiger partial charge in [-0.2, -0.15) is 0 Å². The van der Waals surface area contributed by atoms with Crippen LogP contribution in [-0.2, 0) is 14.3 Å². The van der Waals surface area contributed by atoms with Gasteiger partial charge in [-0.05, 0) is 20.3 Å². The normalized spacial score (nSPS) is 10.9. The van der Waals surface area contributed by atoms with Crippen LogP contribution in [0, 0.1) is 0 Å². The van der Waals surface area contributed by atoms with E-state index in [4.69, 9.17) is 0 Å². The fraction of sp³-hybridized carbons (Fsp3) is 0.455. The van der Waals surface area contributed by atoms with E-state index in [0.717, 1.165) is 6.42 Å². The Morgan fingerprint density at radius 1 is 1.36 bits per heavy atom. The number of allylic oxidation sites excluding steroid dienone is 1. The zero-order chi connectivity index (χ0) is 11.1. The maximum Gasteiger partial charge on any atom is 0.341 e. The van der Waals surface area contributed by atoms with E-state index in [-0.39, 0.29) is 5.57 Å². The highest BCUT2D eigenvalue weighted by Crippen LogP contribution is 2.08. The van der Waals surface area contributed by atoms with Crippen molar-refractivity contribution in [1.29, 1.82) is 0 Å². The van der Waals surface area contributed by atoms with Gasteiger partial charge in [-0.1, -0.05) is 26.0 Å². The highest BCUT2D eigenvalue weighted by Gasteiger charge is 2.14. The van der Waals surface area contributed by atoms with Crippen molar-refractivity contribution in [2.75, 3.05) is 0 Å². The van der Waals surface area contributed by atoms with Crippen LogP contribution in [0.2, 0.25) is 0 Å². The first kappa shape index (κ1) is 12.6. The maximum atomic E-state index is 11.3. The van der Waals surface area contributed by atoms with Gasteiger partial charge in [0.1, 0.15) is 0 Å². The number of hydrogen-bond donors (Lipinski definition) is 0. The fourth-order valence-electron chi connectivity index (χ4n) is 0.870. The SMILES string of the molecule is C=C(C)C(=O)OC(=O)C(=CC)CCC. The average Bonchev–Trinajstić information content (AvgIpc) is 2.13. The summed E-state index contributed by atoms with van der Waals surface area (Å²) in [6.07, 6.45) is 3.13. The summed E-state index contributed by atoms with van der Waals surface area (Å²) in [7, 11) is 0. The molecule has 0 unspecified atom stereocenters. The van der Waals surface area contributed by atoms with E-state index in [1.54, 1.807) is 13.0 Å². The second kappa shape index (κ2) is 6.13. The Kier molecular flexibility index (Phi) is 5.53. The van der Waals surface area contributed by atoms with Crippen LogP contribution in [0.4, 0.5) is 0 Å². The van der Waals surface area contributed by atoms with Crippen molar-refractivity contribution >= 4 is 11.9 Å².